The highest BCUT2D eigenvalue weighted by Crippen LogP contribution is 2.20. The number of nitrogens with zero attached hydrogens (tertiary/aromatic N) is 3. The number of aromatic nitrogens is 2. The van der Waals surface area contributed by atoms with Gasteiger partial charge in [-0.05, 0) is 32.0 Å². The molecule has 24 heavy (non-hydrogen) atoms. The Morgan fingerprint density at radius 1 is 1.25 bits per heavy atom. The average Bonchev–Trinajstić information content (AvgIpc) is 3.03. The van der Waals surface area contributed by atoms with Crippen LogP contribution in [-0.4, -0.2) is 41.9 Å². The fourth-order valence-corrected chi connectivity index (χ4v) is 3.24. The molecule has 2 aromatic rings. The molecule has 0 radical (unpaired) electrons. The summed E-state index contributed by atoms with van der Waals surface area (Å²) >= 11 is 0. The zero-order chi connectivity index (χ0) is 16.9. The maximum atomic E-state index is 12.6. The number of piperidine rings is 1. The molecule has 1 amide bonds. The van der Waals surface area contributed by atoms with Crippen molar-refractivity contribution in [3.8, 4) is 0 Å². The quantitative estimate of drug-likeness (QED) is 0.873. The fraction of sp³-hybridized carbons (Fsp3) is 0.444. The third kappa shape index (κ3) is 3.76. The number of carbonyl (C=O) groups excluding carboxylic acids is 1. The second kappa shape index (κ2) is 7.49. The molecule has 0 saturated carbocycles. The largest absolute Gasteiger partial charge is 0.371 e. The van der Waals surface area contributed by atoms with E-state index in [-0.39, 0.29) is 18.0 Å². The minimum Gasteiger partial charge on any atom is -0.371 e. The van der Waals surface area contributed by atoms with E-state index in [0.29, 0.717) is 0 Å². The molecule has 3 rings (SSSR count). The van der Waals surface area contributed by atoms with E-state index in [4.69, 9.17) is 0 Å². The van der Waals surface area contributed by atoms with Gasteiger partial charge in [-0.25, -0.2) is 0 Å². The summed E-state index contributed by atoms with van der Waals surface area (Å²) in [5, 5.41) is 10.4. The highest BCUT2D eigenvalue weighted by atomic mass is 16.2. The van der Waals surface area contributed by atoms with Crippen LogP contribution in [0.2, 0.25) is 0 Å². The molecule has 1 aliphatic heterocycles. The summed E-state index contributed by atoms with van der Waals surface area (Å²) in [6.45, 7) is 1.93. The third-order valence-corrected chi connectivity index (χ3v) is 4.57. The Kier molecular flexibility index (Phi) is 5.15. The number of carbonyl (C=O) groups is 1. The van der Waals surface area contributed by atoms with Crippen molar-refractivity contribution in [3.05, 3.63) is 48.3 Å². The van der Waals surface area contributed by atoms with Gasteiger partial charge in [0.25, 0.3) is 0 Å². The lowest BCUT2D eigenvalue weighted by Crippen LogP contribution is -2.47. The monoisotopic (exact) mass is 327 g/mol. The van der Waals surface area contributed by atoms with Crippen molar-refractivity contribution in [2.45, 2.75) is 24.9 Å². The van der Waals surface area contributed by atoms with Crippen molar-refractivity contribution in [2.75, 3.05) is 25.0 Å². The van der Waals surface area contributed by atoms with Crippen LogP contribution in [0.25, 0.3) is 0 Å². The molecule has 2 heterocycles. The first-order valence-corrected chi connectivity index (χ1v) is 8.43. The number of hydrogen-bond donors (Lipinski definition) is 2. The van der Waals surface area contributed by atoms with Gasteiger partial charge in [-0.15, -0.1) is 0 Å². The van der Waals surface area contributed by atoms with Crippen molar-refractivity contribution in [1.82, 2.24) is 20.4 Å². The van der Waals surface area contributed by atoms with Gasteiger partial charge in [-0.1, -0.05) is 18.2 Å². The molecule has 6 nitrogen and oxygen atoms in total. The number of benzene rings is 1. The Labute approximate surface area is 142 Å². The number of likely N-dealkylation sites (N-methyl/N-ethyl adjacent to an activating group) is 1. The van der Waals surface area contributed by atoms with Crippen LogP contribution in [0.4, 0.5) is 5.69 Å². The first kappa shape index (κ1) is 16.5. The molecule has 2 N–H and O–H groups in total. The van der Waals surface area contributed by atoms with Crippen LogP contribution in [0.1, 0.15) is 24.4 Å². The molecule has 1 saturated heterocycles. The standard InChI is InChI=1S/C18H25N5O/c1-19-17(14-12-20-22(2)13-14)18(24)21-15-8-10-23(11-9-15)16-6-4-3-5-7-16/h3-7,12-13,15,17,19H,8-11H2,1-2H3,(H,21,24). The van der Waals surface area contributed by atoms with Crippen LogP contribution >= 0.6 is 0 Å². The van der Waals surface area contributed by atoms with E-state index in [0.717, 1.165) is 31.5 Å². The molecule has 1 aromatic heterocycles. The summed E-state index contributed by atoms with van der Waals surface area (Å²) in [6, 6.07) is 10.3. The van der Waals surface area contributed by atoms with Gasteiger partial charge >= 0.3 is 0 Å². The summed E-state index contributed by atoms with van der Waals surface area (Å²) in [4.78, 5) is 15.0. The Hall–Kier alpha value is -2.34. The second-order valence-corrected chi connectivity index (χ2v) is 6.27. The molecule has 0 spiro atoms. The number of hydrogen-bond acceptors (Lipinski definition) is 4. The van der Waals surface area contributed by atoms with E-state index in [1.807, 2.05) is 19.3 Å². The van der Waals surface area contributed by atoms with Gasteiger partial charge in [0.2, 0.25) is 5.91 Å². The molecular weight excluding hydrogens is 302 g/mol. The molecule has 1 aliphatic rings. The molecule has 6 heteroatoms. The Morgan fingerprint density at radius 2 is 1.96 bits per heavy atom. The van der Waals surface area contributed by atoms with Gasteiger partial charge < -0.3 is 15.5 Å². The van der Waals surface area contributed by atoms with Crippen LogP contribution in [0.3, 0.4) is 0 Å². The van der Waals surface area contributed by atoms with E-state index in [1.165, 1.54) is 5.69 Å². The lowest BCUT2D eigenvalue weighted by atomic mass is 10.0. The van der Waals surface area contributed by atoms with Crippen LogP contribution in [0.15, 0.2) is 42.7 Å². The minimum absolute atomic E-state index is 0.0173. The zero-order valence-corrected chi connectivity index (χ0v) is 14.3. The average molecular weight is 327 g/mol. The molecule has 0 aliphatic carbocycles. The first-order chi connectivity index (χ1) is 11.7. The Bertz CT molecular complexity index is 661. The van der Waals surface area contributed by atoms with Crippen LogP contribution in [-0.2, 0) is 11.8 Å². The number of rotatable bonds is 5. The van der Waals surface area contributed by atoms with Gasteiger partial charge in [-0.3, -0.25) is 9.48 Å². The number of para-hydroxylation sites is 1. The first-order valence-electron chi connectivity index (χ1n) is 8.43. The lowest BCUT2D eigenvalue weighted by Gasteiger charge is -2.34. The van der Waals surface area contributed by atoms with Crippen molar-refractivity contribution >= 4 is 11.6 Å². The zero-order valence-electron chi connectivity index (χ0n) is 14.3. The number of amides is 1. The van der Waals surface area contributed by atoms with E-state index < -0.39 is 0 Å². The summed E-state index contributed by atoms with van der Waals surface area (Å²) in [5.41, 5.74) is 2.14. The van der Waals surface area contributed by atoms with E-state index >= 15 is 0 Å². The summed E-state index contributed by atoms with van der Waals surface area (Å²) < 4.78 is 1.71. The third-order valence-electron chi connectivity index (χ3n) is 4.57. The molecular formula is C18H25N5O. The van der Waals surface area contributed by atoms with Gasteiger partial charge in [0.1, 0.15) is 6.04 Å². The molecule has 1 unspecified atom stereocenters. The molecule has 1 atom stereocenters. The Balaban J connectivity index is 1.54. The van der Waals surface area contributed by atoms with Gasteiger partial charge in [-0.2, -0.15) is 5.10 Å². The van der Waals surface area contributed by atoms with Gasteiger partial charge in [0.05, 0.1) is 6.20 Å². The molecule has 128 valence electrons. The van der Waals surface area contributed by atoms with Gasteiger partial charge in [0.15, 0.2) is 0 Å². The summed E-state index contributed by atoms with van der Waals surface area (Å²) in [6.07, 6.45) is 5.53. The van der Waals surface area contributed by atoms with Crippen molar-refractivity contribution < 1.29 is 4.79 Å². The van der Waals surface area contributed by atoms with E-state index in [9.17, 15) is 4.79 Å². The van der Waals surface area contributed by atoms with Crippen molar-refractivity contribution in [2.24, 2.45) is 7.05 Å². The van der Waals surface area contributed by atoms with Gasteiger partial charge in [0, 0.05) is 43.6 Å². The normalized spacial score (nSPS) is 16.8. The smallest absolute Gasteiger partial charge is 0.242 e. The number of aryl methyl sites for hydroxylation is 1. The van der Waals surface area contributed by atoms with E-state index in [2.05, 4.69) is 44.9 Å². The highest BCUT2D eigenvalue weighted by molar-refractivity contribution is 5.83. The minimum atomic E-state index is -0.356. The Morgan fingerprint density at radius 3 is 2.54 bits per heavy atom. The number of anilines is 1. The maximum absolute atomic E-state index is 12.6. The SMILES string of the molecule is CNC(C(=O)NC1CCN(c2ccccc2)CC1)c1cnn(C)c1. The predicted octanol–water partition coefficient (Wildman–Crippen LogP) is 1.47. The molecule has 0 bridgehead atoms. The van der Waals surface area contributed by atoms with Crippen LogP contribution in [0.5, 0.6) is 0 Å². The summed E-state index contributed by atoms with van der Waals surface area (Å²) in [7, 11) is 3.66. The van der Waals surface area contributed by atoms with Crippen molar-refractivity contribution in [1.29, 1.82) is 0 Å². The topological polar surface area (TPSA) is 62.2 Å². The van der Waals surface area contributed by atoms with Crippen LogP contribution in [0, 0.1) is 0 Å². The highest BCUT2D eigenvalue weighted by Gasteiger charge is 2.25. The molecule has 1 fully saturated rings. The summed E-state index contributed by atoms with van der Waals surface area (Å²) in [5.74, 6) is 0.0173. The van der Waals surface area contributed by atoms with E-state index in [1.54, 1.807) is 17.9 Å². The maximum Gasteiger partial charge on any atom is 0.242 e. The lowest BCUT2D eigenvalue weighted by molar-refractivity contribution is -0.124. The molecule has 1 aromatic carbocycles. The number of nitrogens with one attached hydrogen (secondary N) is 2. The fourth-order valence-electron chi connectivity index (χ4n) is 3.24. The second-order valence-electron chi connectivity index (χ2n) is 6.27. The van der Waals surface area contributed by atoms with Crippen LogP contribution < -0.4 is 15.5 Å². The van der Waals surface area contributed by atoms with Crippen molar-refractivity contribution in [3.63, 3.8) is 0 Å². The predicted molar refractivity (Wildman–Crippen MR) is 94.8 cm³/mol.